The number of hydrogen-bond donors (Lipinski definition) is 2. The van der Waals surface area contributed by atoms with Crippen molar-refractivity contribution < 1.29 is 14.3 Å². The normalized spacial score (nSPS) is 10.6. The van der Waals surface area contributed by atoms with Crippen LogP contribution in [0.2, 0.25) is 0 Å². The number of aromatic nitrogens is 2. The lowest BCUT2D eigenvalue weighted by molar-refractivity contribution is 0.413. The summed E-state index contributed by atoms with van der Waals surface area (Å²) in [6.45, 7) is 0.417. The van der Waals surface area contributed by atoms with Gasteiger partial charge in [-0.25, -0.2) is 0 Å². The van der Waals surface area contributed by atoms with E-state index in [0.29, 0.717) is 29.6 Å². The highest BCUT2D eigenvalue weighted by atomic mass is 32.1. The number of aromatic amines is 1. The van der Waals surface area contributed by atoms with Crippen molar-refractivity contribution in [3.8, 4) is 23.5 Å². The zero-order valence-corrected chi connectivity index (χ0v) is 17.2. The largest absolute Gasteiger partial charge is 0.495 e. The van der Waals surface area contributed by atoms with Gasteiger partial charge >= 0.3 is 4.87 Å². The molecular formula is C22H19N3O4S. The molecule has 0 aliphatic carbocycles. The molecule has 4 aromatic rings. The van der Waals surface area contributed by atoms with Crippen molar-refractivity contribution in [3.63, 3.8) is 0 Å². The summed E-state index contributed by atoms with van der Waals surface area (Å²) in [6.07, 6.45) is 0.427. The Kier molecular flexibility index (Phi) is 5.46. The fourth-order valence-corrected chi connectivity index (χ4v) is 3.72. The zero-order valence-electron chi connectivity index (χ0n) is 16.4. The number of nitrogens with zero attached hydrogens (tertiary/aromatic N) is 2. The molecule has 152 valence electrons. The first-order chi connectivity index (χ1) is 14.5. The third-order valence-corrected chi connectivity index (χ3v) is 5.35. The number of H-pyrrole nitrogens is 1. The summed E-state index contributed by atoms with van der Waals surface area (Å²) in [4.78, 5) is 20.4. The molecule has 0 aliphatic heterocycles. The molecule has 0 spiro atoms. The topological polar surface area (TPSA) is 91.6 Å². The molecule has 8 heteroatoms. The SMILES string of the molecule is COc1ccc(Cc2sc(=O)[nH]c2O)cc1C#CCN(C)c1nc2ccccc2o1. The van der Waals surface area contributed by atoms with Gasteiger partial charge in [0.25, 0.3) is 6.01 Å². The predicted molar refractivity (Wildman–Crippen MR) is 117 cm³/mol. The number of fused-ring (bicyclic) bond motifs is 1. The molecule has 4 rings (SSSR count). The zero-order chi connectivity index (χ0) is 21.1. The van der Waals surface area contributed by atoms with Crippen molar-refractivity contribution in [2.45, 2.75) is 6.42 Å². The van der Waals surface area contributed by atoms with Gasteiger partial charge in [0.1, 0.15) is 11.3 Å². The van der Waals surface area contributed by atoms with E-state index in [2.05, 4.69) is 21.8 Å². The molecule has 0 saturated carbocycles. The maximum absolute atomic E-state index is 11.4. The van der Waals surface area contributed by atoms with Gasteiger partial charge in [0.05, 0.1) is 24.1 Å². The number of ether oxygens (including phenoxy) is 1. The standard InChI is InChI=1S/C22H19N3O4S/c1-25(21-23-16-7-3-4-8-18(16)29-21)11-5-6-15-12-14(9-10-17(15)28-2)13-19-20(26)24-22(27)30-19/h3-4,7-10,12,26H,11,13H2,1-2H3,(H,24,27). The second kappa shape index (κ2) is 8.35. The summed E-state index contributed by atoms with van der Waals surface area (Å²) >= 11 is 0.994. The molecule has 2 N–H and O–H groups in total. The molecule has 0 radical (unpaired) electrons. The van der Waals surface area contributed by atoms with Crippen molar-refractivity contribution in [3.05, 3.63) is 68.1 Å². The molecular weight excluding hydrogens is 402 g/mol. The number of rotatable bonds is 5. The second-order valence-corrected chi connectivity index (χ2v) is 7.69. The molecule has 2 heterocycles. The third-order valence-electron chi connectivity index (χ3n) is 4.48. The Morgan fingerprint density at radius 3 is 2.87 bits per heavy atom. The molecule has 0 fully saturated rings. The van der Waals surface area contributed by atoms with Crippen molar-refractivity contribution in [1.82, 2.24) is 9.97 Å². The molecule has 0 amide bonds. The van der Waals surface area contributed by atoms with Gasteiger partial charge < -0.3 is 19.2 Å². The van der Waals surface area contributed by atoms with Gasteiger partial charge in [0.15, 0.2) is 5.58 Å². The smallest absolute Gasteiger partial charge is 0.307 e. The molecule has 0 unspecified atom stereocenters. The van der Waals surface area contributed by atoms with Crippen LogP contribution in [0.1, 0.15) is 16.0 Å². The van der Waals surface area contributed by atoms with Gasteiger partial charge in [-0.1, -0.05) is 41.4 Å². The summed E-state index contributed by atoms with van der Waals surface area (Å²) in [5.41, 5.74) is 3.18. The van der Waals surface area contributed by atoms with E-state index >= 15 is 0 Å². The van der Waals surface area contributed by atoms with Gasteiger partial charge in [-0.15, -0.1) is 0 Å². The summed E-state index contributed by atoms with van der Waals surface area (Å²) < 4.78 is 11.2. The molecule has 0 aliphatic rings. The van der Waals surface area contributed by atoms with Gasteiger partial charge in [0, 0.05) is 13.5 Å². The average Bonchev–Trinajstić information content (AvgIpc) is 3.30. The lowest BCUT2D eigenvalue weighted by Crippen LogP contribution is -2.17. The average molecular weight is 421 g/mol. The number of thiazole rings is 1. The minimum absolute atomic E-state index is 0.0894. The number of anilines is 1. The number of hydrogen-bond acceptors (Lipinski definition) is 7. The summed E-state index contributed by atoms with van der Waals surface area (Å²) in [5.74, 6) is 6.81. The van der Waals surface area contributed by atoms with Crippen molar-refractivity contribution in [1.29, 1.82) is 0 Å². The van der Waals surface area contributed by atoms with Gasteiger partial charge in [-0.3, -0.25) is 9.78 Å². The molecule has 2 aromatic carbocycles. The highest BCUT2D eigenvalue weighted by molar-refractivity contribution is 7.09. The Hall–Kier alpha value is -3.70. The molecule has 0 bridgehead atoms. The first-order valence-corrected chi connectivity index (χ1v) is 9.98. The van der Waals surface area contributed by atoms with Crippen LogP contribution in [-0.4, -0.2) is 35.8 Å². The predicted octanol–water partition coefficient (Wildman–Crippen LogP) is 3.37. The van der Waals surface area contributed by atoms with Crippen molar-refractivity contribution in [2.75, 3.05) is 25.6 Å². The van der Waals surface area contributed by atoms with Crippen LogP contribution in [0.4, 0.5) is 6.01 Å². The fraction of sp³-hybridized carbons (Fsp3) is 0.182. The number of benzene rings is 2. The van der Waals surface area contributed by atoms with Crippen LogP contribution < -0.4 is 14.5 Å². The fourth-order valence-electron chi connectivity index (χ4n) is 2.96. The molecule has 7 nitrogen and oxygen atoms in total. The minimum atomic E-state index is -0.279. The van der Waals surface area contributed by atoms with E-state index in [-0.39, 0.29) is 10.8 Å². The van der Waals surface area contributed by atoms with Crippen LogP contribution in [0.15, 0.2) is 51.7 Å². The van der Waals surface area contributed by atoms with Crippen LogP contribution in [0, 0.1) is 11.8 Å². The highest BCUT2D eigenvalue weighted by Crippen LogP contribution is 2.24. The van der Waals surface area contributed by atoms with Crippen molar-refractivity contribution in [2.24, 2.45) is 0 Å². The maximum atomic E-state index is 11.4. The molecule has 30 heavy (non-hydrogen) atoms. The Morgan fingerprint density at radius 1 is 1.30 bits per heavy atom. The first kappa shape index (κ1) is 19.6. The van der Waals surface area contributed by atoms with E-state index in [1.54, 1.807) is 7.11 Å². The number of aromatic hydroxyl groups is 1. The Bertz CT molecular complexity index is 1280. The van der Waals surface area contributed by atoms with E-state index in [9.17, 15) is 9.90 Å². The number of nitrogens with one attached hydrogen (secondary N) is 1. The minimum Gasteiger partial charge on any atom is -0.495 e. The van der Waals surface area contributed by atoms with Crippen LogP contribution in [-0.2, 0) is 6.42 Å². The Labute approximate surface area is 176 Å². The van der Waals surface area contributed by atoms with E-state index in [0.717, 1.165) is 33.6 Å². The molecule has 2 aromatic heterocycles. The van der Waals surface area contributed by atoms with Gasteiger partial charge in [-0.2, -0.15) is 4.98 Å². The first-order valence-electron chi connectivity index (χ1n) is 9.17. The van der Waals surface area contributed by atoms with E-state index < -0.39 is 0 Å². The number of oxazole rings is 1. The molecule has 0 atom stereocenters. The number of methoxy groups -OCH3 is 1. The summed E-state index contributed by atoms with van der Waals surface area (Å²) in [7, 11) is 3.46. The lowest BCUT2D eigenvalue weighted by atomic mass is 10.1. The highest BCUT2D eigenvalue weighted by Gasteiger charge is 2.11. The van der Waals surface area contributed by atoms with Gasteiger partial charge in [-0.05, 0) is 29.8 Å². The van der Waals surface area contributed by atoms with Crippen LogP contribution in [0.25, 0.3) is 11.1 Å². The summed E-state index contributed by atoms with van der Waals surface area (Å²) in [6, 6.07) is 13.7. The van der Waals surface area contributed by atoms with E-state index in [1.807, 2.05) is 54.4 Å². The van der Waals surface area contributed by atoms with Gasteiger partial charge in [0.2, 0.25) is 5.88 Å². The monoisotopic (exact) mass is 421 g/mol. The number of para-hydroxylation sites is 2. The summed E-state index contributed by atoms with van der Waals surface area (Å²) in [5, 5.41) is 9.81. The van der Waals surface area contributed by atoms with E-state index in [4.69, 9.17) is 9.15 Å². The second-order valence-electron chi connectivity index (χ2n) is 6.62. The Balaban J connectivity index is 1.52. The van der Waals surface area contributed by atoms with Crippen LogP contribution in [0.5, 0.6) is 11.6 Å². The maximum Gasteiger partial charge on any atom is 0.307 e. The van der Waals surface area contributed by atoms with Crippen molar-refractivity contribution >= 4 is 28.5 Å². The molecule has 0 saturated heterocycles. The lowest BCUT2D eigenvalue weighted by Gasteiger charge is -2.09. The van der Waals surface area contributed by atoms with Crippen LogP contribution in [0.3, 0.4) is 0 Å². The Morgan fingerprint density at radius 2 is 2.13 bits per heavy atom. The quantitative estimate of drug-likeness (QED) is 0.480. The van der Waals surface area contributed by atoms with Crippen LogP contribution >= 0.6 is 11.3 Å². The third kappa shape index (κ3) is 4.16. The van der Waals surface area contributed by atoms with E-state index in [1.165, 1.54) is 0 Å².